The molecule has 178 valence electrons. The summed E-state index contributed by atoms with van der Waals surface area (Å²) in [6.07, 6.45) is -4.49. The molecule has 0 fully saturated rings. The van der Waals surface area contributed by atoms with E-state index < -0.39 is 23.4 Å². The fourth-order valence-corrected chi connectivity index (χ4v) is 4.00. The Labute approximate surface area is 188 Å². The van der Waals surface area contributed by atoms with E-state index >= 15 is 0 Å². The third kappa shape index (κ3) is 4.62. The first-order chi connectivity index (χ1) is 15.3. The van der Waals surface area contributed by atoms with E-state index in [2.05, 4.69) is 10.3 Å². The van der Waals surface area contributed by atoms with E-state index in [1.54, 1.807) is 32.8 Å². The van der Waals surface area contributed by atoms with Crippen LogP contribution in [0.5, 0.6) is 0 Å². The zero-order valence-corrected chi connectivity index (χ0v) is 18.9. The summed E-state index contributed by atoms with van der Waals surface area (Å²) >= 11 is 0. The summed E-state index contributed by atoms with van der Waals surface area (Å²) in [5.41, 5.74) is 0.0393. The molecule has 1 aromatic carbocycles. The lowest BCUT2D eigenvalue weighted by Gasteiger charge is -2.37. The highest BCUT2D eigenvalue weighted by molar-refractivity contribution is 5.68. The summed E-state index contributed by atoms with van der Waals surface area (Å²) in [7, 11) is 1.71. The van der Waals surface area contributed by atoms with E-state index in [0.29, 0.717) is 42.3 Å². The quantitative estimate of drug-likeness (QED) is 0.697. The molecule has 2 aliphatic rings. The Balaban J connectivity index is 1.59. The van der Waals surface area contributed by atoms with E-state index in [0.717, 1.165) is 12.1 Å². The highest BCUT2D eigenvalue weighted by Gasteiger charge is 2.33. The molecule has 0 unspecified atom stereocenters. The van der Waals surface area contributed by atoms with Gasteiger partial charge in [0.1, 0.15) is 5.60 Å². The first-order valence-electron chi connectivity index (χ1n) is 10.6. The predicted octanol–water partition coefficient (Wildman–Crippen LogP) is 3.29. The first-order valence-corrected chi connectivity index (χ1v) is 10.6. The molecule has 1 N–H and O–H groups in total. The molecule has 33 heavy (non-hydrogen) atoms. The van der Waals surface area contributed by atoms with Crippen molar-refractivity contribution in [2.24, 2.45) is 0 Å². The van der Waals surface area contributed by atoms with Crippen molar-refractivity contribution in [1.29, 1.82) is 0 Å². The third-order valence-electron chi connectivity index (χ3n) is 5.59. The standard InChI is InChI=1S/C22H26F3N5O3/c1-21(2,3)33-20(32)29-10-9-16-15(11-29)18(31)30-19(26-16)27-17(12-28(30)4)13-5-7-14(8-6-13)22(23,24)25/h5-8,17H,9-12H2,1-4H3,(H,26,27)/t17-/m0/s1. The number of benzene rings is 1. The van der Waals surface area contributed by atoms with Gasteiger partial charge in [0, 0.05) is 20.0 Å². The van der Waals surface area contributed by atoms with Crippen molar-refractivity contribution in [3.63, 3.8) is 0 Å². The molecule has 0 radical (unpaired) electrons. The van der Waals surface area contributed by atoms with Crippen molar-refractivity contribution in [3.8, 4) is 0 Å². The van der Waals surface area contributed by atoms with Crippen molar-refractivity contribution in [2.75, 3.05) is 30.5 Å². The first kappa shape index (κ1) is 22.9. The number of likely N-dealkylation sites (N-methyl/N-ethyl adjacent to an activating group) is 1. The van der Waals surface area contributed by atoms with E-state index in [4.69, 9.17) is 4.74 Å². The number of alkyl halides is 3. The molecule has 0 bridgehead atoms. The Morgan fingerprint density at radius 3 is 2.45 bits per heavy atom. The van der Waals surface area contributed by atoms with Crippen molar-refractivity contribution in [1.82, 2.24) is 14.6 Å². The number of hydrogen-bond donors (Lipinski definition) is 1. The second-order valence-corrected chi connectivity index (χ2v) is 9.29. The zero-order valence-electron chi connectivity index (χ0n) is 18.9. The molecule has 0 saturated carbocycles. The Hall–Kier alpha value is -3.24. The molecule has 1 atom stereocenters. The van der Waals surface area contributed by atoms with E-state index in [9.17, 15) is 22.8 Å². The van der Waals surface area contributed by atoms with Crippen LogP contribution in [0.2, 0.25) is 0 Å². The number of halogens is 3. The molecule has 0 spiro atoms. The van der Waals surface area contributed by atoms with Gasteiger partial charge in [0.2, 0.25) is 5.95 Å². The van der Waals surface area contributed by atoms with Crippen LogP contribution >= 0.6 is 0 Å². The van der Waals surface area contributed by atoms with Gasteiger partial charge in [-0.25, -0.2) is 9.78 Å². The zero-order chi connectivity index (χ0) is 24.1. The summed E-state index contributed by atoms with van der Waals surface area (Å²) in [5.74, 6) is 0.322. The van der Waals surface area contributed by atoms with Crippen molar-refractivity contribution in [2.45, 2.75) is 51.6 Å². The van der Waals surface area contributed by atoms with Gasteiger partial charge in [-0.1, -0.05) is 12.1 Å². The SMILES string of the molecule is CN1C[C@@H](c2ccc(C(F)(F)F)cc2)Nc2nc3c(c(=O)n21)CN(C(=O)OC(C)(C)C)CC3. The number of amides is 1. The predicted molar refractivity (Wildman–Crippen MR) is 116 cm³/mol. The van der Waals surface area contributed by atoms with Crippen molar-refractivity contribution < 1.29 is 22.7 Å². The lowest BCUT2D eigenvalue weighted by Crippen LogP contribution is -2.51. The number of hydrogen-bond acceptors (Lipinski definition) is 6. The van der Waals surface area contributed by atoms with Gasteiger partial charge in [-0.15, -0.1) is 0 Å². The van der Waals surface area contributed by atoms with Gasteiger partial charge in [0.25, 0.3) is 5.56 Å². The van der Waals surface area contributed by atoms with Gasteiger partial charge in [-0.3, -0.25) is 4.79 Å². The van der Waals surface area contributed by atoms with Crippen LogP contribution < -0.4 is 15.9 Å². The number of carbonyl (C=O) groups is 1. The van der Waals surface area contributed by atoms with Crippen LogP contribution in [0, 0.1) is 0 Å². The average molecular weight is 465 g/mol. The van der Waals surface area contributed by atoms with E-state index in [-0.39, 0.29) is 18.1 Å². The minimum atomic E-state index is -4.40. The molecular formula is C22H26F3N5O3. The molecule has 8 nitrogen and oxygen atoms in total. The van der Waals surface area contributed by atoms with Gasteiger partial charge >= 0.3 is 12.3 Å². The number of rotatable bonds is 1. The van der Waals surface area contributed by atoms with Crippen LogP contribution in [0.1, 0.15) is 49.2 Å². The Bertz CT molecular complexity index is 1120. The molecule has 3 heterocycles. The molecule has 4 rings (SSSR count). The maximum atomic E-state index is 13.3. The lowest BCUT2D eigenvalue weighted by atomic mass is 10.0. The number of fused-ring (bicyclic) bond motifs is 2. The maximum absolute atomic E-state index is 13.3. The molecule has 1 aromatic heterocycles. The van der Waals surface area contributed by atoms with E-state index in [1.807, 2.05) is 0 Å². The number of aromatic nitrogens is 2. The van der Waals surface area contributed by atoms with Crippen LogP contribution in [-0.2, 0) is 23.9 Å². The van der Waals surface area contributed by atoms with Crippen molar-refractivity contribution in [3.05, 3.63) is 57.0 Å². The van der Waals surface area contributed by atoms with Gasteiger partial charge in [-0.05, 0) is 38.5 Å². The Kier molecular flexibility index (Phi) is 5.53. The van der Waals surface area contributed by atoms with Crippen LogP contribution in [-0.4, -0.2) is 46.4 Å². The average Bonchev–Trinajstić information content (AvgIpc) is 2.71. The Morgan fingerprint density at radius 2 is 1.85 bits per heavy atom. The molecular weight excluding hydrogens is 439 g/mol. The van der Waals surface area contributed by atoms with Crippen LogP contribution in [0.3, 0.4) is 0 Å². The minimum Gasteiger partial charge on any atom is -0.444 e. The Morgan fingerprint density at radius 1 is 1.18 bits per heavy atom. The minimum absolute atomic E-state index is 0.104. The summed E-state index contributed by atoms with van der Waals surface area (Å²) in [6.45, 7) is 6.16. The summed E-state index contributed by atoms with van der Waals surface area (Å²) in [4.78, 5) is 31.8. The number of anilines is 1. The topological polar surface area (TPSA) is 79.7 Å². The van der Waals surface area contributed by atoms with Gasteiger partial charge in [-0.2, -0.15) is 17.8 Å². The lowest BCUT2D eigenvalue weighted by molar-refractivity contribution is -0.137. The fourth-order valence-electron chi connectivity index (χ4n) is 4.00. The summed E-state index contributed by atoms with van der Waals surface area (Å²) in [5, 5.41) is 4.86. The second-order valence-electron chi connectivity index (χ2n) is 9.29. The molecule has 11 heteroatoms. The number of carbonyl (C=O) groups excluding carboxylic acids is 1. The molecule has 0 aliphatic carbocycles. The number of ether oxygens (including phenoxy) is 1. The summed E-state index contributed by atoms with van der Waals surface area (Å²) in [6, 6.07) is 4.61. The number of nitrogens with zero attached hydrogens (tertiary/aromatic N) is 4. The van der Waals surface area contributed by atoms with Crippen molar-refractivity contribution >= 4 is 12.0 Å². The summed E-state index contributed by atoms with van der Waals surface area (Å²) < 4.78 is 45.5. The van der Waals surface area contributed by atoms with Crippen LogP contribution in [0.4, 0.5) is 23.9 Å². The second kappa shape index (κ2) is 7.96. The monoisotopic (exact) mass is 465 g/mol. The maximum Gasteiger partial charge on any atom is 0.416 e. The highest BCUT2D eigenvalue weighted by atomic mass is 19.4. The normalized spacial score (nSPS) is 18.3. The van der Waals surface area contributed by atoms with Gasteiger partial charge in [0.05, 0.1) is 36.0 Å². The fraction of sp³-hybridized carbons (Fsp3) is 0.500. The van der Waals surface area contributed by atoms with Gasteiger partial charge in [0.15, 0.2) is 0 Å². The molecule has 0 saturated heterocycles. The van der Waals surface area contributed by atoms with Crippen LogP contribution in [0.15, 0.2) is 29.1 Å². The number of nitrogens with one attached hydrogen (secondary N) is 1. The molecule has 2 aliphatic heterocycles. The van der Waals surface area contributed by atoms with Crippen LogP contribution in [0.25, 0.3) is 0 Å². The molecule has 2 aromatic rings. The largest absolute Gasteiger partial charge is 0.444 e. The highest BCUT2D eigenvalue weighted by Crippen LogP contribution is 2.31. The third-order valence-corrected chi connectivity index (χ3v) is 5.59. The van der Waals surface area contributed by atoms with Gasteiger partial charge < -0.3 is 20.0 Å². The smallest absolute Gasteiger partial charge is 0.416 e. The molecule has 1 amide bonds. The van der Waals surface area contributed by atoms with E-state index in [1.165, 1.54) is 21.7 Å².